The van der Waals surface area contributed by atoms with Crippen molar-refractivity contribution in [1.29, 1.82) is 0 Å². The highest BCUT2D eigenvalue weighted by atomic mass is 16.6. The maximum absolute atomic E-state index is 12.6. The number of esters is 1. The number of alkyl carbamates (subject to hydrolysis) is 1. The third-order valence-corrected chi connectivity index (χ3v) is 3.70. The summed E-state index contributed by atoms with van der Waals surface area (Å²) in [7, 11) is 0. The topological polar surface area (TPSA) is 93.7 Å². The van der Waals surface area contributed by atoms with Gasteiger partial charge in [-0.25, -0.2) is 9.59 Å². The molecule has 2 atom stereocenters. The Morgan fingerprint density at radius 2 is 1.47 bits per heavy atom. The molecule has 0 aromatic carbocycles. The van der Waals surface area contributed by atoms with Crippen LogP contribution in [0.15, 0.2) is 36.0 Å². The number of carbonyl (C=O) groups excluding carboxylic acids is 3. The summed E-state index contributed by atoms with van der Waals surface area (Å²) in [5, 5.41) is 5.15. The number of carbonyl (C=O) groups is 3. The van der Waals surface area contributed by atoms with Gasteiger partial charge in [-0.05, 0) is 65.4 Å². The summed E-state index contributed by atoms with van der Waals surface area (Å²) in [6.07, 6.45) is 9.04. The minimum atomic E-state index is -0.865. The third kappa shape index (κ3) is 20.1. The van der Waals surface area contributed by atoms with Gasteiger partial charge in [0.2, 0.25) is 5.91 Å². The highest BCUT2D eigenvalue weighted by Gasteiger charge is 2.27. The van der Waals surface area contributed by atoms with Gasteiger partial charge < -0.3 is 20.1 Å². The largest absolute Gasteiger partial charge is 0.459 e. The zero-order valence-electron chi connectivity index (χ0n) is 23.2. The van der Waals surface area contributed by atoms with Crippen LogP contribution in [0.25, 0.3) is 0 Å². The molecule has 0 rings (SSSR count). The molecule has 0 aromatic heterocycles. The van der Waals surface area contributed by atoms with Crippen molar-refractivity contribution in [2.24, 2.45) is 11.8 Å². The Bertz CT molecular complexity index is 698. The Morgan fingerprint density at radius 1 is 0.912 bits per heavy atom. The van der Waals surface area contributed by atoms with Crippen molar-refractivity contribution < 1.29 is 23.9 Å². The number of rotatable bonds is 10. The van der Waals surface area contributed by atoms with Gasteiger partial charge in [-0.1, -0.05) is 65.0 Å². The Kier molecular flexibility index (Phi) is 17.6. The van der Waals surface area contributed by atoms with Crippen molar-refractivity contribution in [3.63, 3.8) is 0 Å². The average Bonchev–Trinajstić information content (AvgIpc) is 2.66. The van der Waals surface area contributed by atoms with Crippen molar-refractivity contribution in [3.05, 3.63) is 36.0 Å². The molecular weight excluding hydrogens is 432 g/mol. The lowest BCUT2D eigenvalue weighted by atomic mass is 10.0. The molecule has 0 bridgehead atoms. The molecule has 0 heterocycles. The van der Waals surface area contributed by atoms with Crippen LogP contribution >= 0.6 is 0 Å². The van der Waals surface area contributed by atoms with E-state index in [0.29, 0.717) is 6.42 Å². The molecular formula is C27H48N2O5. The first-order chi connectivity index (χ1) is 15.6. The number of allylic oxidation sites excluding steroid dienone is 4. The van der Waals surface area contributed by atoms with E-state index in [2.05, 4.69) is 31.4 Å². The monoisotopic (exact) mass is 480 g/mol. The summed E-state index contributed by atoms with van der Waals surface area (Å²) in [6.45, 7) is 21.0. The summed E-state index contributed by atoms with van der Waals surface area (Å²) in [6, 6.07) is -1.68. The normalized spacial score (nSPS) is 14.0. The van der Waals surface area contributed by atoms with Gasteiger partial charge in [-0.2, -0.15) is 0 Å². The number of hydrogen-bond donors (Lipinski definition) is 2. The molecule has 0 aliphatic rings. The number of ether oxygens (including phenoxy) is 2. The maximum Gasteiger partial charge on any atom is 0.408 e. The van der Waals surface area contributed by atoms with E-state index in [1.54, 1.807) is 20.8 Å². The van der Waals surface area contributed by atoms with Crippen LogP contribution in [0.3, 0.4) is 0 Å². The van der Waals surface area contributed by atoms with E-state index in [-0.39, 0.29) is 12.5 Å². The smallest absolute Gasteiger partial charge is 0.408 e. The molecule has 2 N–H and O–H groups in total. The zero-order chi connectivity index (χ0) is 26.9. The molecule has 2 amide bonds. The predicted octanol–water partition coefficient (Wildman–Crippen LogP) is 5.71. The fourth-order valence-electron chi connectivity index (χ4n) is 2.37. The van der Waals surface area contributed by atoms with Crippen molar-refractivity contribution >= 4 is 18.0 Å². The average molecular weight is 481 g/mol. The lowest BCUT2D eigenvalue weighted by molar-refractivity contribution is -0.147. The standard InChI is InChI=1S/C23H38N2O5.C4H10/c1-9-11-13-18(12-10-2)15-29-21(27)19(14-16(3)4)25-20(26)17(5)24-22(28)30-23(6,7)8;1-4(2)3/h9-13,16-17,19H,14-15H2,1-8H3,(H,24,28)(H,25,26);4H,1-3H3/b11-9-,12-10-,18-13+;/t17?,19-;/m0./s1. The molecule has 0 saturated heterocycles. The molecule has 34 heavy (non-hydrogen) atoms. The quantitative estimate of drug-likeness (QED) is 0.308. The van der Waals surface area contributed by atoms with Gasteiger partial charge >= 0.3 is 12.1 Å². The molecule has 1 unspecified atom stereocenters. The lowest BCUT2D eigenvalue weighted by Crippen LogP contribution is -2.51. The lowest BCUT2D eigenvalue weighted by Gasteiger charge is -2.24. The van der Waals surface area contributed by atoms with Crippen LogP contribution in [0.5, 0.6) is 0 Å². The third-order valence-electron chi connectivity index (χ3n) is 3.70. The van der Waals surface area contributed by atoms with E-state index < -0.39 is 35.7 Å². The van der Waals surface area contributed by atoms with Gasteiger partial charge in [-0.3, -0.25) is 4.79 Å². The van der Waals surface area contributed by atoms with E-state index in [0.717, 1.165) is 11.5 Å². The second-order valence-corrected chi connectivity index (χ2v) is 10.2. The van der Waals surface area contributed by atoms with E-state index in [1.165, 1.54) is 6.92 Å². The predicted molar refractivity (Wildman–Crippen MR) is 139 cm³/mol. The van der Waals surface area contributed by atoms with Crippen LogP contribution in [0.4, 0.5) is 4.79 Å². The van der Waals surface area contributed by atoms with Gasteiger partial charge in [-0.15, -0.1) is 0 Å². The Labute approximate surface area is 207 Å². The first-order valence-corrected chi connectivity index (χ1v) is 12.0. The molecule has 0 radical (unpaired) electrons. The molecule has 0 aromatic rings. The molecule has 0 saturated carbocycles. The molecule has 196 valence electrons. The Balaban J connectivity index is 0. The molecule has 0 aliphatic heterocycles. The summed E-state index contributed by atoms with van der Waals surface area (Å²) in [5.74, 6) is -0.00968. The van der Waals surface area contributed by atoms with Gasteiger partial charge in [0.25, 0.3) is 0 Å². The SMILES string of the molecule is CC(C)C.C\C=C/C=C(\C=C/C)COC(=O)[C@H](CC(C)C)NC(=O)C(C)NC(=O)OC(C)(C)C. The molecule has 7 nitrogen and oxygen atoms in total. The summed E-state index contributed by atoms with van der Waals surface area (Å²) >= 11 is 0. The van der Waals surface area contributed by atoms with Gasteiger partial charge in [0, 0.05) is 0 Å². The van der Waals surface area contributed by atoms with Crippen LogP contribution in [0, 0.1) is 11.8 Å². The second kappa shape index (κ2) is 17.8. The summed E-state index contributed by atoms with van der Waals surface area (Å²) in [5.41, 5.74) is 0.161. The van der Waals surface area contributed by atoms with Crippen LogP contribution in [-0.2, 0) is 19.1 Å². The van der Waals surface area contributed by atoms with Crippen molar-refractivity contribution in [3.8, 4) is 0 Å². The van der Waals surface area contributed by atoms with Gasteiger partial charge in [0.15, 0.2) is 0 Å². The highest BCUT2D eigenvalue weighted by Crippen LogP contribution is 2.10. The Hall–Kier alpha value is -2.57. The minimum Gasteiger partial charge on any atom is -0.459 e. The highest BCUT2D eigenvalue weighted by molar-refractivity contribution is 5.89. The molecule has 7 heteroatoms. The fraction of sp³-hybridized carbons (Fsp3) is 0.667. The number of amides is 2. The van der Waals surface area contributed by atoms with Gasteiger partial charge in [0.1, 0.15) is 24.3 Å². The summed E-state index contributed by atoms with van der Waals surface area (Å²) < 4.78 is 10.6. The van der Waals surface area contributed by atoms with Crippen LogP contribution in [0.1, 0.15) is 82.6 Å². The van der Waals surface area contributed by atoms with Crippen LogP contribution in [0.2, 0.25) is 0 Å². The molecule has 0 spiro atoms. The number of nitrogens with one attached hydrogen (secondary N) is 2. The van der Waals surface area contributed by atoms with Crippen molar-refractivity contribution in [2.45, 2.75) is 100 Å². The van der Waals surface area contributed by atoms with Crippen molar-refractivity contribution in [1.82, 2.24) is 10.6 Å². The Morgan fingerprint density at radius 3 is 1.91 bits per heavy atom. The van der Waals surface area contributed by atoms with E-state index in [9.17, 15) is 14.4 Å². The zero-order valence-corrected chi connectivity index (χ0v) is 23.2. The van der Waals surface area contributed by atoms with Gasteiger partial charge in [0.05, 0.1) is 0 Å². The summed E-state index contributed by atoms with van der Waals surface area (Å²) in [4.78, 5) is 37.0. The fourth-order valence-corrected chi connectivity index (χ4v) is 2.37. The van der Waals surface area contributed by atoms with Crippen molar-refractivity contribution in [2.75, 3.05) is 6.61 Å². The van der Waals surface area contributed by atoms with E-state index >= 15 is 0 Å². The first-order valence-electron chi connectivity index (χ1n) is 12.0. The molecule has 0 aliphatic carbocycles. The number of hydrogen-bond acceptors (Lipinski definition) is 5. The second-order valence-electron chi connectivity index (χ2n) is 10.2. The van der Waals surface area contributed by atoms with Crippen LogP contribution in [-0.4, -0.2) is 42.3 Å². The first kappa shape index (κ1) is 33.6. The van der Waals surface area contributed by atoms with E-state index in [4.69, 9.17) is 9.47 Å². The maximum atomic E-state index is 12.6. The van der Waals surface area contributed by atoms with Crippen LogP contribution < -0.4 is 10.6 Å². The molecule has 0 fully saturated rings. The van der Waals surface area contributed by atoms with E-state index in [1.807, 2.05) is 58.1 Å². The minimum absolute atomic E-state index is 0.101.